The van der Waals surface area contributed by atoms with E-state index in [1.807, 2.05) is 46.8 Å². The second kappa shape index (κ2) is 6.35. The van der Waals surface area contributed by atoms with Crippen LogP contribution >= 0.6 is 0 Å². The molecule has 1 saturated carbocycles. The minimum Gasteiger partial charge on any atom is -0.340 e. The standard InChI is InChI=1S/C19H22N4O2/c1-13-16(11-20-23(13)12-14-5-3-2-4-6-14)18(24)21-17-9-10-22(19(17)25)15-7-8-15/h2-6,11,15,17H,7-10,12H2,1H3,(H,21,24)/t17-/m0/s1. The number of carbonyl (C=O) groups is 2. The average Bonchev–Trinajstić information content (AvgIpc) is 3.31. The topological polar surface area (TPSA) is 67.2 Å². The maximum Gasteiger partial charge on any atom is 0.255 e. The van der Waals surface area contributed by atoms with E-state index in [9.17, 15) is 9.59 Å². The van der Waals surface area contributed by atoms with Gasteiger partial charge < -0.3 is 10.2 Å². The summed E-state index contributed by atoms with van der Waals surface area (Å²) in [4.78, 5) is 26.9. The largest absolute Gasteiger partial charge is 0.340 e. The maximum atomic E-state index is 12.6. The van der Waals surface area contributed by atoms with Crippen molar-refractivity contribution in [2.45, 2.75) is 44.8 Å². The van der Waals surface area contributed by atoms with Crippen molar-refractivity contribution < 1.29 is 9.59 Å². The van der Waals surface area contributed by atoms with E-state index in [2.05, 4.69) is 10.4 Å². The molecule has 0 bridgehead atoms. The van der Waals surface area contributed by atoms with Crippen molar-refractivity contribution in [1.29, 1.82) is 0 Å². The first-order valence-electron chi connectivity index (χ1n) is 8.81. The van der Waals surface area contributed by atoms with E-state index in [-0.39, 0.29) is 11.8 Å². The predicted octanol–water partition coefficient (Wildman–Crippen LogP) is 1.73. The Kier molecular flexibility index (Phi) is 4.03. The molecule has 2 heterocycles. The van der Waals surface area contributed by atoms with E-state index < -0.39 is 6.04 Å². The van der Waals surface area contributed by atoms with Crippen LogP contribution in [0.25, 0.3) is 0 Å². The Bertz CT molecular complexity index is 795. The molecule has 1 aromatic carbocycles. The van der Waals surface area contributed by atoms with Crippen LogP contribution in [0.4, 0.5) is 0 Å². The molecule has 1 aliphatic carbocycles. The van der Waals surface area contributed by atoms with Crippen molar-refractivity contribution >= 4 is 11.8 Å². The molecule has 1 saturated heterocycles. The first kappa shape index (κ1) is 15.9. The van der Waals surface area contributed by atoms with Gasteiger partial charge in [-0.2, -0.15) is 5.10 Å². The van der Waals surface area contributed by atoms with E-state index in [4.69, 9.17) is 0 Å². The van der Waals surface area contributed by atoms with Crippen molar-refractivity contribution in [3.63, 3.8) is 0 Å². The Morgan fingerprint density at radius 3 is 2.72 bits per heavy atom. The van der Waals surface area contributed by atoms with Crippen LogP contribution in [0.2, 0.25) is 0 Å². The molecule has 1 aliphatic heterocycles. The summed E-state index contributed by atoms with van der Waals surface area (Å²) in [6.07, 6.45) is 4.47. The normalized spacial score (nSPS) is 20.1. The molecule has 130 valence electrons. The zero-order chi connectivity index (χ0) is 17.4. The summed E-state index contributed by atoms with van der Waals surface area (Å²) in [5, 5.41) is 7.23. The molecule has 4 rings (SSSR count). The maximum absolute atomic E-state index is 12.6. The number of aromatic nitrogens is 2. The zero-order valence-electron chi connectivity index (χ0n) is 14.3. The van der Waals surface area contributed by atoms with Gasteiger partial charge in [0.05, 0.1) is 18.3 Å². The quantitative estimate of drug-likeness (QED) is 0.903. The summed E-state index contributed by atoms with van der Waals surface area (Å²) in [5.74, 6) is -0.155. The van der Waals surface area contributed by atoms with Crippen LogP contribution in [0.3, 0.4) is 0 Å². The Labute approximate surface area is 146 Å². The molecule has 2 fully saturated rings. The van der Waals surface area contributed by atoms with Gasteiger partial charge in [-0.1, -0.05) is 30.3 Å². The summed E-state index contributed by atoms with van der Waals surface area (Å²) in [7, 11) is 0. The van der Waals surface area contributed by atoms with Crippen LogP contribution in [0.1, 0.15) is 40.9 Å². The van der Waals surface area contributed by atoms with Gasteiger partial charge in [-0.25, -0.2) is 0 Å². The highest BCUT2D eigenvalue weighted by Gasteiger charge is 2.41. The predicted molar refractivity (Wildman–Crippen MR) is 93.1 cm³/mol. The fraction of sp³-hybridized carbons (Fsp3) is 0.421. The smallest absolute Gasteiger partial charge is 0.255 e. The van der Waals surface area contributed by atoms with Gasteiger partial charge in [-0.3, -0.25) is 14.3 Å². The number of nitrogens with zero attached hydrogens (tertiary/aromatic N) is 3. The summed E-state index contributed by atoms with van der Waals surface area (Å²) in [5.41, 5.74) is 2.48. The molecule has 2 amide bonds. The fourth-order valence-electron chi connectivity index (χ4n) is 3.41. The molecule has 6 nitrogen and oxygen atoms in total. The summed E-state index contributed by atoms with van der Waals surface area (Å²) in [6, 6.07) is 10.0. The van der Waals surface area contributed by atoms with Gasteiger partial charge in [0.1, 0.15) is 6.04 Å². The number of hydrogen-bond donors (Lipinski definition) is 1. The number of rotatable bonds is 5. The molecule has 2 aliphatic rings. The number of amides is 2. The average molecular weight is 338 g/mol. The van der Waals surface area contributed by atoms with E-state index in [1.54, 1.807) is 6.20 Å². The lowest BCUT2D eigenvalue weighted by molar-refractivity contribution is -0.129. The first-order valence-corrected chi connectivity index (χ1v) is 8.81. The molecule has 1 N–H and O–H groups in total. The van der Waals surface area contributed by atoms with Gasteiger partial charge in [0.15, 0.2) is 0 Å². The molecule has 0 radical (unpaired) electrons. The van der Waals surface area contributed by atoms with Crippen molar-refractivity contribution in [3.05, 3.63) is 53.3 Å². The second-order valence-electron chi connectivity index (χ2n) is 6.86. The van der Waals surface area contributed by atoms with E-state index in [1.165, 1.54) is 0 Å². The first-order chi connectivity index (χ1) is 12.1. The summed E-state index contributed by atoms with van der Waals surface area (Å²) in [6.45, 7) is 3.26. The number of benzene rings is 1. The van der Waals surface area contributed by atoms with Crippen LogP contribution in [-0.2, 0) is 11.3 Å². The fourth-order valence-corrected chi connectivity index (χ4v) is 3.41. The highest BCUT2D eigenvalue weighted by Crippen LogP contribution is 2.30. The molecule has 1 aromatic heterocycles. The number of hydrogen-bond acceptors (Lipinski definition) is 3. The molecular weight excluding hydrogens is 316 g/mol. The lowest BCUT2D eigenvalue weighted by Crippen LogP contribution is -2.42. The summed E-state index contributed by atoms with van der Waals surface area (Å²) >= 11 is 0. The number of likely N-dealkylation sites (tertiary alicyclic amines) is 1. The van der Waals surface area contributed by atoms with Crippen molar-refractivity contribution in [2.75, 3.05) is 6.54 Å². The van der Waals surface area contributed by atoms with Gasteiger partial charge in [0.25, 0.3) is 5.91 Å². The highest BCUT2D eigenvalue weighted by atomic mass is 16.2. The lowest BCUT2D eigenvalue weighted by Gasteiger charge is -2.16. The molecule has 6 heteroatoms. The van der Waals surface area contributed by atoms with E-state index in [0.717, 1.165) is 30.6 Å². The van der Waals surface area contributed by atoms with Crippen LogP contribution in [0.15, 0.2) is 36.5 Å². The van der Waals surface area contributed by atoms with Crippen molar-refractivity contribution in [2.24, 2.45) is 0 Å². The molecule has 25 heavy (non-hydrogen) atoms. The van der Waals surface area contributed by atoms with Crippen molar-refractivity contribution in [1.82, 2.24) is 20.0 Å². The molecular formula is C19H22N4O2. The Morgan fingerprint density at radius 2 is 2.00 bits per heavy atom. The minimum absolute atomic E-state index is 0.0604. The highest BCUT2D eigenvalue weighted by molar-refractivity contribution is 5.98. The Balaban J connectivity index is 1.43. The van der Waals surface area contributed by atoms with Gasteiger partial charge >= 0.3 is 0 Å². The Morgan fingerprint density at radius 1 is 1.24 bits per heavy atom. The monoisotopic (exact) mass is 338 g/mol. The molecule has 0 spiro atoms. The molecule has 1 atom stereocenters. The van der Waals surface area contributed by atoms with Gasteiger partial charge in [-0.15, -0.1) is 0 Å². The van der Waals surface area contributed by atoms with Gasteiger partial charge in [-0.05, 0) is 31.7 Å². The molecule has 0 unspecified atom stereocenters. The third kappa shape index (κ3) is 3.16. The van der Waals surface area contributed by atoms with Crippen LogP contribution < -0.4 is 5.32 Å². The minimum atomic E-state index is -0.398. The van der Waals surface area contributed by atoms with Gasteiger partial charge in [0.2, 0.25) is 5.91 Å². The van der Waals surface area contributed by atoms with Crippen LogP contribution in [0.5, 0.6) is 0 Å². The van der Waals surface area contributed by atoms with E-state index in [0.29, 0.717) is 24.6 Å². The zero-order valence-corrected chi connectivity index (χ0v) is 14.3. The Hall–Kier alpha value is -2.63. The van der Waals surface area contributed by atoms with Crippen LogP contribution in [0, 0.1) is 6.92 Å². The SMILES string of the molecule is Cc1c(C(=O)N[C@H]2CCN(C3CC3)C2=O)cnn1Cc1ccccc1. The second-order valence-corrected chi connectivity index (χ2v) is 6.86. The van der Waals surface area contributed by atoms with Crippen molar-refractivity contribution in [3.8, 4) is 0 Å². The van der Waals surface area contributed by atoms with E-state index >= 15 is 0 Å². The summed E-state index contributed by atoms with van der Waals surface area (Å²) < 4.78 is 1.82. The molecule has 2 aromatic rings. The number of nitrogens with one attached hydrogen (secondary N) is 1. The number of carbonyl (C=O) groups excluding carboxylic acids is 2. The third-order valence-electron chi connectivity index (χ3n) is 5.06. The third-order valence-corrected chi connectivity index (χ3v) is 5.06. The van der Waals surface area contributed by atoms with Crippen LogP contribution in [-0.4, -0.2) is 45.1 Å². The van der Waals surface area contributed by atoms with Gasteiger partial charge in [0, 0.05) is 18.3 Å². The lowest BCUT2D eigenvalue weighted by atomic mass is 10.2.